The summed E-state index contributed by atoms with van der Waals surface area (Å²) in [5, 5.41) is 0. The third kappa shape index (κ3) is 2.95. The number of carbonyl (C=O) groups is 2. The van der Waals surface area contributed by atoms with Gasteiger partial charge in [0.2, 0.25) is 5.78 Å². The molecule has 0 saturated heterocycles. The fourth-order valence-corrected chi connectivity index (χ4v) is 3.15. The van der Waals surface area contributed by atoms with Gasteiger partial charge in [-0.25, -0.2) is 4.79 Å². The van der Waals surface area contributed by atoms with Crippen molar-refractivity contribution >= 4 is 23.4 Å². The Morgan fingerprint density at radius 3 is 2.56 bits per heavy atom. The van der Waals surface area contributed by atoms with E-state index in [0.29, 0.717) is 30.0 Å². The summed E-state index contributed by atoms with van der Waals surface area (Å²) in [6, 6.07) is 9.31. The second kappa shape index (κ2) is 6.93. The van der Waals surface area contributed by atoms with E-state index in [1.165, 1.54) is 0 Å². The van der Waals surface area contributed by atoms with E-state index in [-0.39, 0.29) is 11.8 Å². The van der Waals surface area contributed by atoms with Crippen molar-refractivity contribution in [3.8, 4) is 0 Å². The van der Waals surface area contributed by atoms with Crippen LogP contribution in [0.5, 0.6) is 0 Å². The fraction of sp³-hybridized carbons (Fsp3) is 0.238. The number of aromatic nitrogens is 1. The normalized spacial score (nSPS) is 12.5. The number of benzene rings is 1. The molecule has 2 aromatic rings. The third-order valence-corrected chi connectivity index (χ3v) is 4.43. The SMILES string of the molecule is C=Cc1ccc(C(=O)c2c(CC)cc3n2CC=C3C(=O)OCC)cc1. The highest BCUT2D eigenvalue weighted by Gasteiger charge is 2.28. The van der Waals surface area contributed by atoms with E-state index in [0.717, 1.165) is 23.2 Å². The third-order valence-electron chi connectivity index (χ3n) is 4.43. The molecule has 1 aliphatic heterocycles. The predicted molar refractivity (Wildman–Crippen MR) is 98.4 cm³/mol. The summed E-state index contributed by atoms with van der Waals surface area (Å²) in [6.45, 7) is 8.37. The van der Waals surface area contributed by atoms with Crippen LogP contribution in [0.2, 0.25) is 0 Å². The molecule has 0 bridgehead atoms. The van der Waals surface area contributed by atoms with Crippen molar-refractivity contribution in [2.24, 2.45) is 0 Å². The van der Waals surface area contributed by atoms with Gasteiger partial charge in [0.25, 0.3) is 0 Å². The molecule has 0 amide bonds. The Morgan fingerprint density at radius 2 is 1.96 bits per heavy atom. The molecule has 0 saturated carbocycles. The number of hydrogen-bond donors (Lipinski definition) is 0. The van der Waals surface area contributed by atoms with Crippen molar-refractivity contribution in [3.63, 3.8) is 0 Å². The van der Waals surface area contributed by atoms with Crippen LogP contribution in [-0.2, 0) is 22.5 Å². The minimum absolute atomic E-state index is 0.0304. The molecule has 0 N–H and O–H groups in total. The fourth-order valence-electron chi connectivity index (χ4n) is 3.15. The van der Waals surface area contributed by atoms with Crippen LogP contribution in [0.1, 0.15) is 46.7 Å². The zero-order valence-corrected chi connectivity index (χ0v) is 14.5. The molecular formula is C21H21NO3. The largest absolute Gasteiger partial charge is 0.462 e. The average Bonchev–Trinajstić information content (AvgIpc) is 3.19. The number of fused-ring (bicyclic) bond motifs is 1. The highest BCUT2D eigenvalue weighted by atomic mass is 16.5. The van der Waals surface area contributed by atoms with Gasteiger partial charge in [0.05, 0.1) is 23.6 Å². The number of ether oxygens (including phenoxy) is 1. The Hall–Kier alpha value is -2.88. The van der Waals surface area contributed by atoms with Crippen molar-refractivity contribution in [2.75, 3.05) is 6.61 Å². The number of ketones is 1. The van der Waals surface area contributed by atoms with Crippen molar-refractivity contribution in [3.05, 3.63) is 71.1 Å². The lowest BCUT2D eigenvalue weighted by Gasteiger charge is -2.08. The second-order valence-electron chi connectivity index (χ2n) is 5.86. The van der Waals surface area contributed by atoms with Crippen LogP contribution in [0.3, 0.4) is 0 Å². The van der Waals surface area contributed by atoms with Crippen molar-refractivity contribution in [1.82, 2.24) is 4.57 Å². The molecule has 1 aromatic heterocycles. The lowest BCUT2D eigenvalue weighted by atomic mass is 10.0. The maximum atomic E-state index is 13.1. The monoisotopic (exact) mass is 335 g/mol. The maximum Gasteiger partial charge on any atom is 0.339 e. The topological polar surface area (TPSA) is 48.3 Å². The summed E-state index contributed by atoms with van der Waals surface area (Å²) < 4.78 is 7.03. The zero-order valence-electron chi connectivity index (χ0n) is 14.5. The molecule has 25 heavy (non-hydrogen) atoms. The van der Waals surface area contributed by atoms with Gasteiger partial charge >= 0.3 is 5.97 Å². The number of esters is 1. The van der Waals surface area contributed by atoms with E-state index >= 15 is 0 Å². The first-order valence-electron chi connectivity index (χ1n) is 8.47. The number of nitrogens with zero attached hydrogens (tertiary/aromatic N) is 1. The van der Waals surface area contributed by atoms with Crippen LogP contribution < -0.4 is 0 Å². The van der Waals surface area contributed by atoms with Crippen molar-refractivity contribution < 1.29 is 14.3 Å². The summed E-state index contributed by atoms with van der Waals surface area (Å²) >= 11 is 0. The molecule has 1 aliphatic rings. The molecule has 0 spiro atoms. The van der Waals surface area contributed by atoms with Crippen molar-refractivity contribution in [1.29, 1.82) is 0 Å². The van der Waals surface area contributed by atoms with E-state index in [1.807, 2.05) is 47.9 Å². The van der Waals surface area contributed by atoms with Gasteiger partial charge in [-0.3, -0.25) is 4.79 Å². The predicted octanol–water partition coefficient (Wildman–Crippen LogP) is 3.88. The zero-order chi connectivity index (χ0) is 18.0. The van der Waals surface area contributed by atoms with E-state index in [2.05, 4.69) is 6.58 Å². The van der Waals surface area contributed by atoms with Gasteiger partial charge in [0.1, 0.15) is 0 Å². The van der Waals surface area contributed by atoms with Gasteiger partial charge in [0.15, 0.2) is 0 Å². The van der Waals surface area contributed by atoms with Crippen LogP contribution in [-0.4, -0.2) is 22.9 Å². The molecule has 128 valence electrons. The Balaban J connectivity index is 2.00. The quantitative estimate of drug-likeness (QED) is 0.594. The minimum Gasteiger partial charge on any atom is -0.462 e. The summed E-state index contributed by atoms with van der Waals surface area (Å²) in [5.41, 5.74) is 4.51. The molecule has 0 fully saturated rings. The number of hydrogen-bond acceptors (Lipinski definition) is 3. The van der Waals surface area contributed by atoms with Gasteiger partial charge in [0, 0.05) is 12.1 Å². The van der Waals surface area contributed by atoms with E-state index in [4.69, 9.17) is 4.74 Å². The van der Waals surface area contributed by atoms with Gasteiger partial charge < -0.3 is 9.30 Å². The smallest absolute Gasteiger partial charge is 0.339 e. The molecule has 2 heterocycles. The number of carbonyl (C=O) groups excluding carboxylic acids is 2. The molecule has 1 aromatic carbocycles. The molecule has 4 heteroatoms. The summed E-state index contributed by atoms with van der Waals surface area (Å²) in [7, 11) is 0. The molecule has 3 rings (SSSR count). The number of aryl methyl sites for hydroxylation is 1. The van der Waals surface area contributed by atoms with Crippen LogP contribution in [0.15, 0.2) is 43.0 Å². The van der Waals surface area contributed by atoms with Crippen molar-refractivity contribution in [2.45, 2.75) is 26.8 Å². The summed E-state index contributed by atoms with van der Waals surface area (Å²) in [5.74, 6) is -0.368. The first-order chi connectivity index (χ1) is 12.1. The van der Waals surface area contributed by atoms with E-state index in [9.17, 15) is 9.59 Å². The first kappa shape index (κ1) is 17.0. The first-order valence-corrected chi connectivity index (χ1v) is 8.47. The van der Waals surface area contributed by atoms with Crippen LogP contribution in [0.4, 0.5) is 0 Å². The minimum atomic E-state index is -0.337. The standard InChI is InChI=1S/C21H21NO3/c1-4-14-7-9-16(10-8-14)20(23)19-15(5-2)13-18-17(11-12-22(18)19)21(24)25-6-3/h4,7-11,13H,1,5-6,12H2,2-3H3. The Labute approximate surface area is 147 Å². The Morgan fingerprint density at radius 1 is 1.24 bits per heavy atom. The Kier molecular flexibility index (Phi) is 4.70. The Bertz CT molecular complexity index is 869. The van der Waals surface area contributed by atoms with Gasteiger partial charge in [-0.1, -0.05) is 43.8 Å². The molecular weight excluding hydrogens is 314 g/mol. The lowest BCUT2D eigenvalue weighted by molar-refractivity contribution is -0.136. The second-order valence-corrected chi connectivity index (χ2v) is 5.86. The molecule has 0 aliphatic carbocycles. The van der Waals surface area contributed by atoms with Gasteiger partial charge in [-0.2, -0.15) is 0 Å². The highest BCUT2D eigenvalue weighted by Crippen LogP contribution is 2.31. The molecule has 0 unspecified atom stereocenters. The number of allylic oxidation sites excluding steroid dienone is 1. The molecule has 0 atom stereocenters. The highest BCUT2D eigenvalue weighted by molar-refractivity contribution is 6.18. The van der Waals surface area contributed by atoms with Crippen LogP contribution >= 0.6 is 0 Å². The van der Waals surface area contributed by atoms with Gasteiger partial charge in [-0.05, 0) is 36.6 Å². The molecule has 4 nitrogen and oxygen atoms in total. The number of rotatable bonds is 6. The van der Waals surface area contributed by atoms with Crippen LogP contribution in [0.25, 0.3) is 11.6 Å². The van der Waals surface area contributed by atoms with E-state index < -0.39 is 0 Å². The summed E-state index contributed by atoms with van der Waals surface area (Å²) in [4.78, 5) is 25.2. The summed E-state index contributed by atoms with van der Waals surface area (Å²) in [6.07, 6.45) is 4.29. The van der Waals surface area contributed by atoms with Crippen LogP contribution in [0, 0.1) is 0 Å². The van der Waals surface area contributed by atoms with Gasteiger partial charge in [-0.15, -0.1) is 0 Å². The average molecular weight is 335 g/mol. The lowest BCUT2D eigenvalue weighted by Crippen LogP contribution is -2.12. The maximum absolute atomic E-state index is 13.1. The van der Waals surface area contributed by atoms with E-state index in [1.54, 1.807) is 13.0 Å². The molecule has 0 radical (unpaired) electrons.